The molecule has 8 heteroatoms. The van der Waals surface area contributed by atoms with Gasteiger partial charge in [-0.3, -0.25) is 4.57 Å². The van der Waals surface area contributed by atoms with E-state index in [9.17, 15) is 4.79 Å². The molecule has 0 bridgehead atoms. The van der Waals surface area contributed by atoms with Crippen LogP contribution in [0.25, 0.3) is 10.9 Å². The molecule has 2 aromatic heterocycles. The van der Waals surface area contributed by atoms with E-state index in [0.717, 1.165) is 41.2 Å². The van der Waals surface area contributed by atoms with Gasteiger partial charge in [-0.2, -0.15) is 0 Å². The maximum atomic E-state index is 13.2. The average molecular weight is 407 g/mol. The predicted octanol–water partition coefficient (Wildman–Crippen LogP) is 3.38. The summed E-state index contributed by atoms with van der Waals surface area (Å²) in [6.45, 7) is 7.20. The van der Waals surface area contributed by atoms with Crippen molar-refractivity contribution in [2.45, 2.75) is 19.9 Å². The molecule has 0 atom stereocenters. The molecule has 1 saturated heterocycles. The number of piperazine rings is 1. The van der Waals surface area contributed by atoms with Crippen LogP contribution in [0.3, 0.4) is 0 Å². The van der Waals surface area contributed by atoms with Crippen LogP contribution in [-0.4, -0.2) is 59.5 Å². The highest BCUT2D eigenvalue weighted by Crippen LogP contribution is 2.36. The Bertz CT molecular complexity index is 1090. The number of nitrogens with zero attached hydrogens (tertiary/aromatic N) is 4. The predicted molar refractivity (Wildman–Crippen MR) is 116 cm³/mol. The molecule has 1 aromatic carbocycles. The van der Waals surface area contributed by atoms with Crippen molar-refractivity contribution in [2.24, 2.45) is 0 Å². The Hall–Kier alpha value is -3.42. The van der Waals surface area contributed by atoms with Gasteiger partial charge in [0.1, 0.15) is 0 Å². The Morgan fingerprint density at radius 1 is 1.10 bits per heavy atom. The van der Waals surface area contributed by atoms with Crippen LogP contribution in [0.15, 0.2) is 42.7 Å². The fourth-order valence-electron chi connectivity index (χ4n) is 4.03. The van der Waals surface area contributed by atoms with Crippen LogP contribution in [0.2, 0.25) is 0 Å². The standard InChI is InChI=1S/C22H25N5O3/c1-15(2)24-17-4-3-6-23-21(17)25-8-10-26(11-9-25)22(28)27-7-5-16-12-19-20(13-18(16)27)30-14-29-19/h3-7,12-13,15,24H,8-11,14H2,1-2H3. The van der Waals surface area contributed by atoms with Crippen LogP contribution < -0.4 is 19.7 Å². The highest BCUT2D eigenvalue weighted by atomic mass is 16.7. The van der Waals surface area contributed by atoms with E-state index in [1.807, 2.05) is 41.6 Å². The second-order valence-electron chi connectivity index (χ2n) is 7.88. The van der Waals surface area contributed by atoms with Gasteiger partial charge < -0.3 is 24.6 Å². The lowest BCUT2D eigenvalue weighted by atomic mass is 10.2. The fourth-order valence-corrected chi connectivity index (χ4v) is 4.03. The molecule has 0 spiro atoms. The van der Waals surface area contributed by atoms with E-state index in [1.54, 1.807) is 4.57 Å². The molecule has 0 saturated carbocycles. The number of pyridine rings is 1. The summed E-state index contributed by atoms with van der Waals surface area (Å²) in [5.74, 6) is 2.35. The van der Waals surface area contributed by atoms with Gasteiger partial charge >= 0.3 is 6.03 Å². The smallest absolute Gasteiger partial charge is 0.328 e. The van der Waals surface area contributed by atoms with E-state index >= 15 is 0 Å². The molecule has 1 N–H and O–H groups in total. The molecular formula is C22H25N5O3. The van der Waals surface area contributed by atoms with Gasteiger partial charge in [0.25, 0.3) is 0 Å². The lowest BCUT2D eigenvalue weighted by Gasteiger charge is -2.36. The summed E-state index contributed by atoms with van der Waals surface area (Å²) in [5.41, 5.74) is 1.86. The van der Waals surface area contributed by atoms with E-state index < -0.39 is 0 Å². The average Bonchev–Trinajstić information content (AvgIpc) is 3.38. The van der Waals surface area contributed by atoms with Gasteiger partial charge in [-0.1, -0.05) is 0 Å². The number of nitrogens with one attached hydrogen (secondary N) is 1. The molecule has 3 aromatic rings. The molecule has 1 amide bonds. The number of carbonyl (C=O) groups is 1. The number of fused-ring (bicyclic) bond motifs is 2. The lowest BCUT2D eigenvalue weighted by Crippen LogP contribution is -2.50. The molecule has 0 radical (unpaired) electrons. The first-order valence-electron chi connectivity index (χ1n) is 10.3. The monoisotopic (exact) mass is 407 g/mol. The zero-order valence-electron chi connectivity index (χ0n) is 17.2. The molecule has 1 fully saturated rings. The van der Waals surface area contributed by atoms with Crippen LogP contribution in [0.4, 0.5) is 16.3 Å². The van der Waals surface area contributed by atoms with Gasteiger partial charge in [-0.15, -0.1) is 0 Å². The van der Waals surface area contributed by atoms with E-state index in [1.165, 1.54) is 0 Å². The van der Waals surface area contributed by atoms with Gasteiger partial charge in [0, 0.05) is 56.1 Å². The Morgan fingerprint density at radius 3 is 2.63 bits per heavy atom. The number of anilines is 2. The third kappa shape index (κ3) is 3.28. The zero-order valence-corrected chi connectivity index (χ0v) is 17.2. The molecule has 0 aliphatic carbocycles. The van der Waals surface area contributed by atoms with Crippen LogP contribution >= 0.6 is 0 Å². The van der Waals surface area contributed by atoms with Crippen LogP contribution in [0, 0.1) is 0 Å². The first-order valence-corrected chi connectivity index (χ1v) is 10.3. The molecule has 2 aliphatic rings. The van der Waals surface area contributed by atoms with Crippen LogP contribution in [0.1, 0.15) is 13.8 Å². The summed E-state index contributed by atoms with van der Waals surface area (Å²) in [5, 5.41) is 4.42. The van der Waals surface area contributed by atoms with E-state index in [2.05, 4.69) is 35.1 Å². The Balaban J connectivity index is 1.32. The molecule has 2 aliphatic heterocycles. The van der Waals surface area contributed by atoms with Crippen LogP contribution in [0.5, 0.6) is 11.5 Å². The summed E-state index contributed by atoms with van der Waals surface area (Å²) >= 11 is 0. The third-order valence-electron chi connectivity index (χ3n) is 5.47. The first kappa shape index (κ1) is 18.6. The number of rotatable bonds is 3. The van der Waals surface area contributed by atoms with E-state index in [0.29, 0.717) is 24.9 Å². The van der Waals surface area contributed by atoms with Crippen LogP contribution in [-0.2, 0) is 0 Å². The lowest BCUT2D eigenvalue weighted by molar-refractivity contribution is 0.174. The number of carbonyl (C=O) groups excluding carboxylic acids is 1. The third-order valence-corrected chi connectivity index (χ3v) is 5.47. The van der Waals surface area contributed by atoms with Crippen molar-refractivity contribution in [3.05, 3.63) is 42.7 Å². The second kappa shape index (κ2) is 7.44. The minimum Gasteiger partial charge on any atom is -0.454 e. The quantitative estimate of drug-likeness (QED) is 0.718. The second-order valence-corrected chi connectivity index (χ2v) is 7.88. The number of benzene rings is 1. The van der Waals surface area contributed by atoms with Crippen molar-refractivity contribution < 1.29 is 14.3 Å². The van der Waals surface area contributed by atoms with E-state index in [-0.39, 0.29) is 12.8 Å². The molecular weight excluding hydrogens is 382 g/mol. The Morgan fingerprint density at radius 2 is 1.87 bits per heavy atom. The summed E-state index contributed by atoms with van der Waals surface area (Å²) in [4.78, 5) is 21.9. The molecule has 0 unspecified atom stereocenters. The maximum Gasteiger partial charge on any atom is 0.328 e. The summed E-state index contributed by atoms with van der Waals surface area (Å²) in [7, 11) is 0. The largest absolute Gasteiger partial charge is 0.454 e. The Labute approximate surface area is 175 Å². The number of hydrogen-bond acceptors (Lipinski definition) is 6. The van der Waals surface area contributed by atoms with Crippen molar-refractivity contribution in [1.82, 2.24) is 14.5 Å². The van der Waals surface area contributed by atoms with E-state index in [4.69, 9.17) is 9.47 Å². The molecule has 156 valence electrons. The Kier molecular flexibility index (Phi) is 4.61. The molecule has 5 rings (SSSR count). The minimum absolute atomic E-state index is 0.0231. The number of hydrogen-bond donors (Lipinski definition) is 1. The van der Waals surface area contributed by atoms with Crippen molar-refractivity contribution in [3.8, 4) is 11.5 Å². The van der Waals surface area contributed by atoms with Gasteiger partial charge in [0.15, 0.2) is 17.3 Å². The SMILES string of the molecule is CC(C)Nc1cccnc1N1CCN(C(=O)n2ccc3cc4c(cc32)OCO4)CC1. The number of aromatic nitrogens is 2. The normalized spacial score (nSPS) is 15.8. The number of amides is 1. The molecule has 8 nitrogen and oxygen atoms in total. The molecule has 4 heterocycles. The minimum atomic E-state index is -0.0231. The van der Waals surface area contributed by atoms with Crippen molar-refractivity contribution in [1.29, 1.82) is 0 Å². The van der Waals surface area contributed by atoms with Crippen molar-refractivity contribution in [3.63, 3.8) is 0 Å². The summed E-state index contributed by atoms with van der Waals surface area (Å²) in [6, 6.07) is 10.0. The summed E-state index contributed by atoms with van der Waals surface area (Å²) in [6.07, 6.45) is 3.63. The van der Waals surface area contributed by atoms with Gasteiger partial charge in [0.05, 0.1) is 11.2 Å². The highest BCUT2D eigenvalue weighted by Gasteiger charge is 2.26. The first-order chi connectivity index (χ1) is 14.6. The summed E-state index contributed by atoms with van der Waals surface area (Å²) < 4.78 is 12.6. The number of ether oxygens (including phenoxy) is 2. The zero-order chi connectivity index (χ0) is 20.7. The highest BCUT2D eigenvalue weighted by molar-refractivity contribution is 5.93. The van der Waals surface area contributed by atoms with Gasteiger partial charge in [0.2, 0.25) is 6.79 Å². The van der Waals surface area contributed by atoms with Crippen molar-refractivity contribution in [2.75, 3.05) is 43.2 Å². The van der Waals surface area contributed by atoms with Gasteiger partial charge in [-0.25, -0.2) is 9.78 Å². The maximum absolute atomic E-state index is 13.2. The van der Waals surface area contributed by atoms with Gasteiger partial charge in [-0.05, 0) is 38.1 Å². The fraction of sp³-hybridized carbons (Fsp3) is 0.364. The molecule has 30 heavy (non-hydrogen) atoms. The van der Waals surface area contributed by atoms with Crippen molar-refractivity contribution >= 4 is 28.4 Å². The topological polar surface area (TPSA) is 71.9 Å².